The molecule has 0 aromatic carbocycles. The zero-order valence-electron chi connectivity index (χ0n) is 8.64. The lowest BCUT2D eigenvalue weighted by Crippen LogP contribution is -2.21. The first-order valence-corrected chi connectivity index (χ1v) is 5.23. The maximum Gasteiger partial charge on any atom is 0.0568 e. The average Bonchev–Trinajstić information content (AvgIpc) is 2.36. The molecule has 0 aromatic heterocycles. The summed E-state index contributed by atoms with van der Waals surface area (Å²) in [6.45, 7) is 6.84. The van der Waals surface area contributed by atoms with E-state index in [-0.39, 0.29) is 6.10 Å². The lowest BCUT2D eigenvalue weighted by Gasteiger charge is -2.27. The molecule has 1 aliphatic carbocycles. The molecule has 0 radical (unpaired) electrons. The number of aliphatic hydroxyl groups is 1. The standard InChI is InChI=1S/C11H22O/c1-4-11(2,3)8-9-6-5-7-10(9)12/h9-10,12H,4-8H2,1-3H3/t9-,10+/m0/s1. The van der Waals surface area contributed by atoms with Gasteiger partial charge in [-0.1, -0.05) is 33.6 Å². The van der Waals surface area contributed by atoms with Gasteiger partial charge >= 0.3 is 0 Å². The van der Waals surface area contributed by atoms with Crippen LogP contribution in [0.5, 0.6) is 0 Å². The SMILES string of the molecule is CCC(C)(C)C[C@@H]1CCC[C@H]1O. The molecular formula is C11H22O. The van der Waals surface area contributed by atoms with E-state index in [0.717, 1.165) is 6.42 Å². The van der Waals surface area contributed by atoms with Gasteiger partial charge in [-0.25, -0.2) is 0 Å². The second-order valence-electron chi connectivity index (χ2n) is 4.98. The molecule has 0 amide bonds. The normalized spacial score (nSPS) is 31.0. The molecular weight excluding hydrogens is 148 g/mol. The van der Waals surface area contributed by atoms with Gasteiger partial charge in [0.1, 0.15) is 0 Å². The Balaban J connectivity index is 2.39. The summed E-state index contributed by atoms with van der Waals surface area (Å²) in [6.07, 6.45) is 5.91. The van der Waals surface area contributed by atoms with Crippen molar-refractivity contribution in [1.29, 1.82) is 0 Å². The van der Waals surface area contributed by atoms with Crippen molar-refractivity contribution < 1.29 is 5.11 Å². The van der Waals surface area contributed by atoms with Crippen LogP contribution in [0.2, 0.25) is 0 Å². The van der Waals surface area contributed by atoms with Crippen molar-refractivity contribution in [3.63, 3.8) is 0 Å². The molecule has 0 saturated heterocycles. The lowest BCUT2D eigenvalue weighted by atomic mass is 9.79. The van der Waals surface area contributed by atoms with E-state index < -0.39 is 0 Å². The number of rotatable bonds is 3. The van der Waals surface area contributed by atoms with E-state index in [2.05, 4.69) is 20.8 Å². The third-order valence-electron chi connectivity index (χ3n) is 3.39. The highest BCUT2D eigenvalue weighted by Crippen LogP contribution is 2.37. The van der Waals surface area contributed by atoms with Gasteiger partial charge in [0.05, 0.1) is 6.10 Å². The van der Waals surface area contributed by atoms with E-state index in [0.29, 0.717) is 11.3 Å². The van der Waals surface area contributed by atoms with Crippen LogP contribution in [0.4, 0.5) is 0 Å². The fraction of sp³-hybridized carbons (Fsp3) is 1.00. The monoisotopic (exact) mass is 170 g/mol. The molecule has 1 heteroatoms. The van der Waals surface area contributed by atoms with Crippen molar-refractivity contribution in [1.82, 2.24) is 0 Å². The predicted molar refractivity (Wildman–Crippen MR) is 52.0 cm³/mol. The lowest BCUT2D eigenvalue weighted by molar-refractivity contribution is 0.101. The minimum atomic E-state index is -0.00387. The van der Waals surface area contributed by atoms with Crippen molar-refractivity contribution in [2.24, 2.45) is 11.3 Å². The highest BCUT2D eigenvalue weighted by Gasteiger charge is 2.30. The maximum atomic E-state index is 9.65. The fourth-order valence-electron chi connectivity index (χ4n) is 2.11. The largest absolute Gasteiger partial charge is 0.393 e. The molecule has 1 nitrogen and oxygen atoms in total. The molecule has 0 aromatic rings. The summed E-state index contributed by atoms with van der Waals surface area (Å²) < 4.78 is 0. The third kappa shape index (κ3) is 2.48. The fourth-order valence-corrected chi connectivity index (χ4v) is 2.11. The molecule has 0 spiro atoms. The van der Waals surface area contributed by atoms with E-state index in [1.165, 1.54) is 25.7 Å². The van der Waals surface area contributed by atoms with Gasteiger partial charge in [-0.15, -0.1) is 0 Å². The Morgan fingerprint density at radius 2 is 2.00 bits per heavy atom. The van der Waals surface area contributed by atoms with Gasteiger partial charge in [-0.05, 0) is 30.6 Å². The Hall–Kier alpha value is -0.0400. The van der Waals surface area contributed by atoms with E-state index in [9.17, 15) is 5.11 Å². The number of aliphatic hydroxyl groups excluding tert-OH is 1. The molecule has 1 fully saturated rings. The smallest absolute Gasteiger partial charge is 0.0568 e. The summed E-state index contributed by atoms with van der Waals surface area (Å²) in [5, 5.41) is 9.65. The van der Waals surface area contributed by atoms with Gasteiger partial charge in [0.2, 0.25) is 0 Å². The third-order valence-corrected chi connectivity index (χ3v) is 3.39. The van der Waals surface area contributed by atoms with Crippen LogP contribution in [-0.4, -0.2) is 11.2 Å². The van der Waals surface area contributed by atoms with Crippen molar-refractivity contribution in [3.8, 4) is 0 Å². The minimum Gasteiger partial charge on any atom is -0.393 e. The van der Waals surface area contributed by atoms with Crippen LogP contribution in [0.25, 0.3) is 0 Å². The predicted octanol–water partition coefficient (Wildman–Crippen LogP) is 2.97. The highest BCUT2D eigenvalue weighted by molar-refractivity contribution is 4.81. The van der Waals surface area contributed by atoms with Crippen molar-refractivity contribution in [2.45, 2.75) is 59.0 Å². The van der Waals surface area contributed by atoms with Crippen LogP contribution in [0, 0.1) is 11.3 Å². The molecule has 12 heavy (non-hydrogen) atoms. The van der Waals surface area contributed by atoms with Gasteiger partial charge in [0.15, 0.2) is 0 Å². The number of hydrogen-bond donors (Lipinski definition) is 1. The molecule has 0 aliphatic heterocycles. The van der Waals surface area contributed by atoms with Gasteiger partial charge < -0.3 is 5.11 Å². The van der Waals surface area contributed by atoms with Crippen LogP contribution >= 0.6 is 0 Å². The Labute approximate surface area is 76.2 Å². The molecule has 1 rings (SSSR count). The van der Waals surface area contributed by atoms with Gasteiger partial charge in [0.25, 0.3) is 0 Å². The van der Waals surface area contributed by atoms with E-state index >= 15 is 0 Å². The van der Waals surface area contributed by atoms with Crippen LogP contribution in [-0.2, 0) is 0 Å². The Morgan fingerprint density at radius 3 is 2.42 bits per heavy atom. The topological polar surface area (TPSA) is 20.2 Å². The summed E-state index contributed by atoms with van der Waals surface area (Å²) in [5.74, 6) is 0.583. The molecule has 0 bridgehead atoms. The summed E-state index contributed by atoms with van der Waals surface area (Å²) >= 11 is 0. The Kier molecular flexibility index (Phi) is 3.16. The molecule has 2 atom stereocenters. The Bertz CT molecular complexity index is 140. The van der Waals surface area contributed by atoms with Crippen LogP contribution < -0.4 is 0 Å². The maximum absolute atomic E-state index is 9.65. The number of hydrogen-bond acceptors (Lipinski definition) is 1. The zero-order chi connectivity index (χ0) is 9.19. The van der Waals surface area contributed by atoms with E-state index in [1.54, 1.807) is 0 Å². The molecule has 1 aliphatic rings. The van der Waals surface area contributed by atoms with Crippen molar-refractivity contribution in [2.75, 3.05) is 0 Å². The quantitative estimate of drug-likeness (QED) is 0.690. The minimum absolute atomic E-state index is 0.00387. The summed E-state index contributed by atoms with van der Waals surface area (Å²) in [4.78, 5) is 0. The summed E-state index contributed by atoms with van der Waals surface area (Å²) in [7, 11) is 0. The van der Waals surface area contributed by atoms with E-state index in [1.807, 2.05) is 0 Å². The van der Waals surface area contributed by atoms with Gasteiger partial charge in [-0.3, -0.25) is 0 Å². The van der Waals surface area contributed by atoms with Gasteiger partial charge in [0, 0.05) is 0 Å². The first-order chi connectivity index (χ1) is 5.55. The molecule has 1 saturated carbocycles. The Morgan fingerprint density at radius 1 is 1.33 bits per heavy atom. The van der Waals surface area contributed by atoms with Crippen LogP contribution in [0.15, 0.2) is 0 Å². The van der Waals surface area contributed by atoms with Crippen molar-refractivity contribution >= 4 is 0 Å². The molecule has 0 unspecified atom stereocenters. The second kappa shape index (κ2) is 3.78. The molecule has 72 valence electrons. The first-order valence-electron chi connectivity index (χ1n) is 5.23. The highest BCUT2D eigenvalue weighted by atomic mass is 16.3. The van der Waals surface area contributed by atoms with Crippen LogP contribution in [0.1, 0.15) is 52.9 Å². The zero-order valence-corrected chi connectivity index (χ0v) is 8.64. The average molecular weight is 170 g/mol. The molecule has 0 heterocycles. The van der Waals surface area contributed by atoms with Crippen LogP contribution in [0.3, 0.4) is 0 Å². The first kappa shape index (κ1) is 10.0. The van der Waals surface area contributed by atoms with Crippen molar-refractivity contribution in [3.05, 3.63) is 0 Å². The molecule has 1 N–H and O–H groups in total. The summed E-state index contributed by atoms with van der Waals surface area (Å²) in [5.41, 5.74) is 0.427. The van der Waals surface area contributed by atoms with E-state index in [4.69, 9.17) is 0 Å². The summed E-state index contributed by atoms with van der Waals surface area (Å²) in [6, 6.07) is 0. The second-order valence-corrected chi connectivity index (χ2v) is 4.98. The van der Waals surface area contributed by atoms with Gasteiger partial charge in [-0.2, -0.15) is 0 Å².